The highest BCUT2D eigenvalue weighted by molar-refractivity contribution is 7.11. The standard InChI is InChI=1S/C13H13F3N6S/c1-2-8-6-18-11(23-8)3-4-17-10-5-9(13(14,15)16)21-12-19-7-20-22(10)12/h5-7,17H,2-4H2,1H3. The van der Waals surface area contributed by atoms with Crippen molar-refractivity contribution < 1.29 is 13.2 Å². The quantitative estimate of drug-likeness (QED) is 0.772. The number of rotatable bonds is 5. The molecule has 1 N–H and O–H groups in total. The van der Waals surface area contributed by atoms with Gasteiger partial charge in [0, 0.05) is 30.1 Å². The van der Waals surface area contributed by atoms with Gasteiger partial charge in [-0.25, -0.2) is 9.97 Å². The highest BCUT2D eigenvalue weighted by atomic mass is 32.1. The SMILES string of the molecule is CCc1cnc(CCNc2cc(C(F)(F)F)nc3ncnn23)s1. The van der Waals surface area contributed by atoms with Gasteiger partial charge in [-0.1, -0.05) is 6.92 Å². The van der Waals surface area contributed by atoms with Gasteiger partial charge in [0.05, 0.1) is 5.01 Å². The summed E-state index contributed by atoms with van der Waals surface area (Å²) in [6, 6.07) is 0.932. The minimum Gasteiger partial charge on any atom is -0.369 e. The highest BCUT2D eigenvalue weighted by Crippen LogP contribution is 2.29. The molecule has 6 nitrogen and oxygen atoms in total. The number of nitrogens with one attached hydrogen (secondary N) is 1. The molecule has 0 fully saturated rings. The van der Waals surface area contributed by atoms with E-state index in [9.17, 15) is 13.2 Å². The molecule has 0 saturated carbocycles. The van der Waals surface area contributed by atoms with Crippen LogP contribution in [-0.2, 0) is 19.0 Å². The predicted molar refractivity (Wildman–Crippen MR) is 79.5 cm³/mol. The van der Waals surface area contributed by atoms with Gasteiger partial charge in [-0.05, 0) is 6.42 Å². The lowest BCUT2D eigenvalue weighted by molar-refractivity contribution is -0.141. The number of anilines is 1. The molecule has 3 aromatic rings. The number of hydrogen-bond donors (Lipinski definition) is 1. The van der Waals surface area contributed by atoms with Crippen LogP contribution in [0, 0.1) is 0 Å². The smallest absolute Gasteiger partial charge is 0.369 e. The second-order valence-corrected chi connectivity index (χ2v) is 5.95. The van der Waals surface area contributed by atoms with Crippen LogP contribution in [0.3, 0.4) is 0 Å². The predicted octanol–water partition coefficient (Wildman–Crippen LogP) is 2.82. The lowest BCUT2D eigenvalue weighted by Gasteiger charge is -2.10. The van der Waals surface area contributed by atoms with E-state index in [1.807, 2.05) is 13.1 Å². The molecule has 0 radical (unpaired) electrons. The minimum absolute atomic E-state index is 0.0927. The van der Waals surface area contributed by atoms with Crippen molar-refractivity contribution in [1.29, 1.82) is 0 Å². The van der Waals surface area contributed by atoms with Crippen LogP contribution < -0.4 is 5.32 Å². The van der Waals surface area contributed by atoms with Crippen LogP contribution >= 0.6 is 11.3 Å². The molecule has 10 heteroatoms. The fourth-order valence-corrected chi connectivity index (χ4v) is 2.87. The van der Waals surface area contributed by atoms with E-state index in [-0.39, 0.29) is 11.6 Å². The zero-order chi connectivity index (χ0) is 16.4. The van der Waals surface area contributed by atoms with E-state index in [2.05, 4.69) is 25.4 Å². The van der Waals surface area contributed by atoms with E-state index in [0.717, 1.165) is 17.5 Å². The Bertz CT molecular complexity index is 809. The molecule has 0 atom stereocenters. The first-order chi connectivity index (χ1) is 11.0. The van der Waals surface area contributed by atoms with Crippen LogP contribution in [0.5, 0.6) is 0 Å². The van der Waals surface area contributed by atoms with Gasteiger partial charge < -0.3 is 5.32 Å². The van der Waals surface area contributed by atoms with Crippen LogP contribution in [0.2, 0.25) is 0 Å². The Hall–Kier alpha value is -2.23. The molecule has 0 unspecified atom stereocenters. The molecule has 0 bridgehead atoms. The van der Waals surface area contributed by atoms with Crippen LogP contribution in [0.1, 0.15) is 22.5 Å². The lowest BCUT2D eigenvalue weighted by Crippen LogP contribution is -2.14. The lowest BCUT2D eigenvalue weighted by atomic mass is 10.3. The Kier molecular flexibility index (Phi) is 4.16. The zero-order valence-corrected chi connectivity index (χ0v) is 12.9. The third-order valence-electron chi connectivity index (χ3n) is 3.14. The molecule has 3 rings (SSSR count). The highest BCUT2D eigenvalue weighted by Gasteiger charge is 2.34. The van der Waals surface area contributed by atoms with E-state index in [4.69, 9.17) is 0 Å². The maximum Gasteiger partial charge on any atom is 0.433 e. The molecule has 0 aromatic carbocycles. The van der Waals surface area contributed by atoms with Crippen LogP contribution in [0.4, 0.5) is 19.0 Å². The first-order valence-electron chi connectivity index (χ1n) is 6.93. The minimum atomic E-state index is -4.53. The van der Waals surface area contributed by atoms with E-state index < -0.39 is 11.9 Å². The van der Waals surface area contributed by atoms with Gasteiger partial charge in [-0.15, -0.1) is 11.3 Å². The summed E-state index contributed by atoms with van der Waals surface area (Å²) in [6.45, 7) is 2.49. The third-order valence-corrected chi connectivity index (χ3v) is 4.34. The Morgan fingerprint density at radius 1 is 1.30 bits per heavy atom. The number of aryl methyl sites for hydroxylation is 1. The number of nitrogens with zero attached hydrogens (tertiary/aromatic N) is 5. The van der Waals surface area contributed by atoms with Crippen molar-refractivity contribution in [2.75, 3.05) is 11.9 Å². The second kappa shape index (κ2) is 6.11. The molecule has 23 heavy (non-hydrogen) atoms. The number of thiazole rings is 1. The van der Waals surface area contributed by atoms with Crippen molar-refractivity contribution >= 4 is 22.9 Å². The summed E-state index contributed by atoms with van der Waals surface area (Å²) in [7, 11) is 0. The summed E-state index contributed by atoms with van der Waals surface area (Å²) < 4.78 is 39.9. The molecule has 3 aromatic heterocycles. The molecular weight excluding hydrogens is 329 g/mol. The second-order valence-electron chi connectivity index (χ2n) is 4.75. The van der Waals surface area contributed by atoms with Crippen LogP contribution in [0.25, 0.3) is 5.78 Å². The number of halogens is 3. The fraction of sp³-hybridized carbons (Fsp3) is 0.385. The van der Waals surface area contributed by atoms with E-state index >= 15 is 0 Å². The van der Waals surface area contributed by atoms with Gasteiger partial charge >= 0.3 is 6.18 Å². The van der Waals surface area contributed by atoms with Crippen molar-refractivity contribution in [3.05, 3.63) is 34.2 Å². The summed E-state index contributed by atoms with van der Waals surface area (Å²) in [6.07, 6.45) is -0.00416. The van der Waals surface area contributed by atoms with Crippen molar-refractivity contribution in [2.24, 2.45) is 0 Å². The van der Waals surface area contributed by atoms with Crippen molar-refractivity contribution in [3.8, 4) is 0 Å². The summed E-state index contributed by atoms with van der Waals surface area (Å²) in [5, 5.41) is 7.77. The average molecular weight is 342 g/mol. The maximum absolute atomic E-state index is 12.9. The summed E-state index contributed by atoms with van der Waals surface area (Å²) in [5.41, 5.74) is -0.997. The number of aromatic nitrogens is 5. The molecule has 3 heterocycles. The average Bonchev–Trinajstić information content (AvgIpc) is 3.14. The Balaban J connectivity index is 1.77. The third kappa shape index (κ3) is 3.41. The molecule has 0 aliphatic heterocycles. The summed E-state index contributed by atoms with van der Waals surface area (Å²) in [4.78, 5) is 12.6. The largest absolute Gasteiger partial charge is 0.433 e. The van der Waals surface area contributed by atoms with Gasteiger partial charge in [-0.3, -0.25) is 0 Å². The van der Waals surface area contributed by atoms with Crippen LogP contribution in [0.15, 0.2) is 18.6 Å². The normalized spacial score (nSPS) is 12.0. The number of hydrogen-bond acceptors (Lipinski definition) is 6. The Morgan fingerprint density at radius 3 is 2.83 bits per heavy atom. The number of alkyl halides is 3. The fourth-order valence-electron chi connectivity index (χ4n) is 2.01. The van der Waals surface area contributed by atoms with Gasteiger partial charge in [0.1, 0.15) is 12.1 Å². The first-order valence-corrected chi connectivity index (χ1v) is 7.74. The van der Waals surface area contributed by atoms with Crippen molar-refractivity contribution in [3.63, 3.8) is 0 Å². The monoisotopic (exact) mass is 342 g/mol. The molecule has 0 saturated heterocycles. The Labute approximate surface area is 133 Å². The zero-order valence-electron chi connectivity index (χ0n) is 12.1. The van der Waals surface area contributed by atoms with Crippen molar-refractivity contribution in [2.45, 2.75) is 25.9 Å². The molecular formula is C13H13F3N6S. The summed E-state index contributed by atoms with van der Waals surface area (Å²) >= 11 is 1.60. The van der Waals surface area contributed by atoms with E-state index in [1.54, 1.807) is 11.3 Å². The molecule has 0 aliphatic carbocycles. The molecule has 0 spiro atoms. The first kappa shape index (κ1) is 15.7. The number of fused-ring (bicyclic) bond motifs is 1. The van der Waals surface area contributed by atoms with Gasteiger partial charge in [0.15, 0.2) is 5.69 Å². The van der Waals surface area contributed by atoms with Crippen molar-refractivity contribution in [1.82, 2.24) is 24.6 Å². The molecule has 122 valence electrons. The molecule has 0 amide bonds. The Morgan fingerprint density at radius 2 is 2.13 bits per heavy atom. The van der Waals surface area contributed by atoms with Gasteiger partial charge in [0.2, 0.25) is 0 Å². The van der Waals surface area contributed by atoms with Gasteiger partial charge in [0.25, 0.3) is 5.78 Å². The maximum atomic E-state index is 12.9. The van der Waals surface area contributed by atoms with E-state index in [0.29, 0.717) is 13.0 Å². The topological polar surface area (TPSA) is 68.0 Å². The van der Waals surface area contributed by atoms with Crippen LogP contribution in [-0.4, -0.2) is 31.1 Å². The summed E-state index contributed by atoms with van der Waals surface area (Å²) in [5.74, 6) is 0.108. The molecule has 0 aliphatic rings. The van der Waals surface area contributed by atoms with Gasteiger partial charge in [-0.2, -0.15) is 27.8 Å². The van der Waals surface area contributed by atoms with E-state index in [1.165, 1.54) is 15.7 Å².